The van der Waals surface area contributed by atoms with E-state index in [1.54, 1.807) is 0 Å². The molecule has 0 bridgehead atoms. The van der Waals surface area contributed by atoms with Crippen molar-refractivity contribution in [2.24, 2.45) is 11.8 Å². The highest BCUT2D eigenvalue weighted by Gasteiger charge is 2.47. The van der Waals surface area contributed by atoms with Crippen LogP contribution in [0.15, 0.2) is 36.4 Å². The number of fused-ring (bicyclic) bond motifs is 1. The third-order valence-electron chi connectivity index (χ3n) is 6.81. The van der Waals surface area contributed by atoms with Crippen molar-refractivity contribution in [3.8, 4) is 0 Å². The standard InChI is InChI=1S/C24H31N3O3/c1-17-8-6-7-13-26(17)15-19-10-3-2-9-18(19)14-25-22(28)16-27-23(29)20-11-4-5-12-21(20)24(27)30/h2-5,9-10,17,20-21H,6-8,11-16H2,1H3,(H,25,28). The molecule has 2 heterocycles. The number of amides is 3. The molecule has 3 atom stereocenters. The molecule has 4 rings (SSSR count). The Balaban J connectivity index is 1.34. The number of piperidine rings is 1. The topological polar surface area (TPSA) is 69.7 Å². The van der Waals surface area contributed by atoms with Gasteiger partial charge in [-0.05, 0) is 50.3 Å². The summed E-state index contributed by atoms with van der Waals surface area (Å²) in [5, 5.41) is 2.92. The van der Waals surface area contributed by atoms with Crippen LogP contribution in [0.4, 0.5) is 0 Å². The average Bonchev–Trinajstić information content (AvgIpc) is 3.00. The number of nitrogens with zero attached hydrogens (tertiary/aromatic N) is 2. The Morgan fingerprint density at radius 3 is 2.37 bits per heavy atom. The quantitative estimate of drug-likeness (QED) is 0.579. The van der Waals surface area contributed by atoms with Crippen LogP contribution in [0.5, 0.6) is 0 Å². The predicted molar refractivity (Wildman–Crippen MR) is 114 cm³/mol. The van der Waals surface area contributed by atoms with E-state index in [-0.39, 0.29) is 36.1 Å². The number of imide groups is 1. The van der Waals surface area contributed by atoms with Crippen molar-refractivity contribution < 1.29 is 14.4 Å². The van der Waals surface area contributed by atoms with Gasteiger partial charge in [0.1, 0.15) is 6.54 Å². The molecular formula is C24H31N3O3. The van der Waals surface area contributed by atoms with Gasteiger partial charge in [-0.15, -0.1) is 0 Å². The molecular weight excluding hydrogens is 378 g/mol. The fraction of sp³-hybridized carbons (Fsp3) is 0.542. The first-order valence-electron chi connectivity index (χ1n) is 11.1. The summed E-state index contributed by atoms with van der Waals surface area (Å²) in [6.07, 6.45) is 8.85. The van der Waals surface area contributed by atoms with E-state index in [0.717, 1.165) is 23.6 Å². The van der Waals surface area contributed by atoms with E-state index in [9.17, 15) is 14.4 Å². The van der Waals surface area contributed by atoms with Crippen molar-refractivity contribution in [2.45, 2.75) is 58.2 Å². The number of likely N-dealkylation sites (tertiary alicyclic amines) is 2. The van der Waals surface area contributed by atoms with E-state index >= 15 is 0 Å². The van der Waals surface area contributed by atoms with E-state index in [2.05, 4.69) is 23.2 Å². The lowest BCUT2D eigenvalue weighted by molar-refractivity contribution is -0.143. The average molecular weight is 410 g/mol. The summed E-state index contributed by atoms with van der Waals surface area (Å²) in [6, 6.07) is 8.75. The second-order valence-corrected chi connectivity index (χ2v) is 8.78. The molecule has 1 N–H and O–H groups in total. The normalized spacial score (nSPS) is 26.7. The lowest BCUT2D eigenvalue weighted by Crippen LogP contribution is -2.41. The number of benzene rings is 1. The number of nitrogens with one attached hydrogen (secondary N) is 1. The van der Waals surface area contributed by atoms with Gasteiger partial charge in [-0.3, -0.25) is 24.2 Å². The van der Waals surface area contributed by atoms with E-state index in [1.807, 2.05) is 30.4 Å². The lowest BCUT2D eigenvalue weighted by Gasteiger charge is -2.33. The summed E-state index contributed by atoms with van der Waals surface area (Å²) < 4.78 is 0. The first kappa shape index (κ1) is 20.8. The molecule has 3 unspecified atom stereocenters. The van der Waals surface area contributed by atoms with Gasteiger partial charge in [0, 0.05) is 19.1 Å². The fourth-order valence-corrected chi connectivity index (χ4v) is 4.91. The zero-order valence-electron chi connectivity index (χ0n) is 17.7. The van der Waals surface area contributed by atoms with Gasteiger partial charge in [0.15, 0.2) is 0 Å². The molecule has 2 aliphatic heterocycles. The summed E-state index contributed by atoms with van der Waals surface area (Å²) in [6.45, 7) is 4.49. The summed E-state index contributed by atoms with van der Waals surface area (Å²) in [4.78, 5) is 41.3. The molecule has 30 heavy (non-hydrogen) atoms. The van der Waals surface area contributed by atoms with Crippen molar-refractivity contribution in [3.63, 3.8) is 0 Å². The Labute approximate surface area is 178 Å². The molecule has 0 saturated carbocycles. The maximum absolute atomic E-state index is 12.6. The molecule has 160 valence electrons. The van der Waals surface area contributed by atoms with E-state index in [4.69, 9.17) is 0 Å². The van der Waals surface area contributed by atoms with Crippen LogP contribution >= 0.6 is 0 Å². The molecule has 0 aromatic heterocycles. The van der Waals surface area contributed by atoms with Gasteiger partial charge < -0.3 is 5.32 Å². The predicted octanol–water partition coefficient (Wildman–Crippen LogP) is 2.63. The smallest absolute Gasteiger partial charge is 0.240 e. The molecule has 0 radical (unpaired) electrons. The van der Waals surface area contributed by atoms with Crippen LogP contribution in [0, 0.1) is 11.8 Å². The van der Waals surface area contributed by atoms with Crippen LogP contribution in [-0.2, 0) is 27.5 Å². The number of carbonyl (C=O) groups is 3. The number of allylic oxidation sites excluding steroid dienone is 2. The molecule has 1 aliphatic carbocycles. The van der Waals surface area contributed by atoms with E-state index in [0.29, 0.717) is 25.4 Å². The lowest BCUT2D eigenvalue weighted by atomic mass is 9.85. The zero-order chi connectivity index (χ0) is 21.1. The van der Waals surface area contributed by atoms with Gasteiger partial charge in [0.05, 0.1) is 11.8 Å². The first-order chi connectivity index (χ1) is 14.5. The molecule has 2 fully saturated rings. The van der Waals surface area contributed by atoms with Crippen molar-refractivity contribution >= 4 is 17.7 Å². The fourth-order valence-electron chi connectivity index (χ4n) is 4.91. The Bertz CT molecular complexity index is 824. The van der Waals surface area contributed by atoms with E-state index < -0.39 is 0 Å². The molecule has 6 heteroatoms. The highest BCUT2D eigenvalue weighted by molar-refractivity contribution is 6.07. The first-order valence-corrected chi connectivity index (χ1v) is 11.1. The van der Waals surface area contributed by atoms with Crippen LogP contribution in [0.25, 0.3) is 0 Å². The molecule has 0 spiro atoms. The maximum atomic E-state index is 12.6. The molecule has 3 aliphatic rings. The second kappa shape index (κ2) is 9.13. The minimum absolute atomic E-state index is 0.185. The molecule has 1 aromatic rings. The minimum Gasteiger partial charge on any atom is -0.350 e. The maximum Gasteiger partial charge on any atom is 0.240 e. The van der Waals surface area contributed by atoms with Crippen LogP contribution in [-0.4, -0.2) is 46.7 Å². The third-order valence-corrected chi connectivity index (χ3v) is 6.81. The zero-order valence-corrected chi connectivity index (χ0v) is 17.7. The Kier molecular flexibility index (Phi) is 6.32. The van der Waals surface area contributed by atoms with Gasteiger partial charge in [0.2, 0.25) is 17.7 Å². The Morgan fingerprint density at radius 2 is 1.70 bits per heavy atom. The number of rotatable bonds is 6. The molecule has 3 amide bonds. The molecule has 1 aromatic carbocycles. The Hall–Kier alpha value is -2.47. The van der Waals surface area contributed by atoms with Gasteiger partial charge in [-0.2, -0.15) is 0 Å². The SMILES string of the molecule is CC1CCCCN1Cc1ccccc1CNC(=O)CN1C(=O)C2CC=CCC2C1=O. The van der Waals surface area contributed by atoms with Crippen LogP contribution in [0.3, 0.4) is 0 Å². The largest absolute Gasteiger partial charge is 0.350 e. The van der Waals surface area contributed by atoms with Crippen molar-refractivity contribution in [2.75, 3.05) is 13.1 Å². The summed E-state index contributed by atoms with van der Waals surface area (Å²) in [7, 11) is 0. The van der Waals surface area contributed by atoms with Crippen molar-refractivity contribution in [1.82, 2.24) is 15.1 Å². The summed E-state index contributed by atoms with van der Waals surface area (Å²) in [5.74, 6) is -1.28. The molecule has 2 saturated heterocycles. The minimum atomic E-state index is -0.289. The van der Waals surface area contributed by atoms with Crippen LogP contribution < -0.4 is 5.32 Å². The number of hydrogen-bond donors (Lipinski definition) is 1. The summed E-state index contributed by atoms with van der Waals surface area (Å²) >= 11 is 0. The van der Waals surface area contributed by atoms with Gasteiger partial charge in [0.25, 0.3) is 0 Å². The molecule has 6 nitrogen and oxygen atoms in total. The van der Waals surface area contributed by atoms with Crippen LogP contribution in [0.2, 0.25) is 0 Å². The van der Waals surface area contributed by atoms with Crippen molar-refractivity contribution in [3.05, 3.63) is 47.5 Å². The second-order valence-electron chi connectivity index (χ2n) is 8.78. The van der Waals surface area contributed by atoms with E-state index in [1.165, 1.54) is 24.8 Å². The highest BCUT2D eigenvalue weighted by atomic mass is 16.2. The van der Waals surface area contributed by atoms with Crippen molar-refractivity contribution in [1.29, 1.82) is 0 Å². The number of hydrogen-bond acceptors (Lipinski definition) is 4. The van der Waals surface area contributed by atoms with Gasteiger partial charge in [-0.1, -0.05) is 42.8 Å². The Morgan fingerprint density at radius 1 is 1.03 bits per heavy atom. The number of carbonyl (C=O) groups excluding carboxylic acids is 3. The van der Waals surface area contributed by atoms with Crippen LogP contribution in [0.1, 0.15) is 50.2 Å². The highest BCUT2D eigenvalue weighted by Crippen LogP contribution is 2.34. The summed E-state index contributed by atoms with van der Waals surface area (Å²) in [5.41, 5.74) is 2.30. The van der Waals surface area contributed by atoms with Gasteiger partial charge >= 0.3 is 0 Å². The monoisotopic (exact) mass is 409 g/mol. The third kappa shape index (κ3) is 4.33. The van der Waals surface area contributed by atoms with Gasteiger partial charge in [-0.25, -0.2) is 0 Å².